The summed E-state index contributed by atoms with van der Waals surface area (Å²) in [7, 11) is 0. The topological polar surface area (TPSA) is 56.0 Å². The number of rotatable bonds is 1. The van der Waals surface area contributed by atoms with Crippen molar-refractivity contribution in [3.8, 4) is 11.3 Å². The minimum absolute atomic E-state index is 0.509. The van der Waals surface area contributed by atoms with E-state index in [-0.39, 0.29) is 0 Å². The predicted molar refractivity (Wildman–Crippen MR) is 54.0 cm³/mol. The molecule has 3 rings (SSSR count). The molecule has 0 aliphatic carbocycles. The van der Waals surface area contributed by atoms with Gasteiger partial charge in [-0.15, -0.1) is 10.2 Å². The lowest BCUT2D eigenvalue weighted by molar-refractivity contribution is 0.905. The normalized spacial score (nSPS) is 10.7. The summed E-state index contributed by atoms with van der Waals surface area (Å²) < 4.78 is 1.56. The van der Waals surface area contributed by atoms with Gasteiger partial charge in [-0.25, -0.2) is 4.98 Å². The van der Waals surface area contributed by atoms with E-state index in [1.807, 2.05) is 30.3 Å². The molecule has 0 atom stereocenters. The van der Waals surface area contributed by atoms with Crippen LogP contribution < -0.4 is 0 Å². The van der Waals surface area contributed by atoms with Crippen LogP contribution in [0.25, 0.3) is 17.0 Å². The molecule has 0 saturated carbocycles. The van der Waals surface area contributed by atoms with Crippen LogP contribution in [0, 0.1) is 0 Å². The first kappa shape index (κ1) is 8.05. The second-order valence-electron chi connectivity index (χ2n) is 3.08. The van der Waals surface area contributed by atoms with Crippen molar-refractivity contribution < 1.29 is 0 Å². The first-order valence-corrected chi connectivity index (χ1v) is 4.52. The molecule has 0 radical (unpaired) electrons. The number of fused-ring (bicyclic) bond motifs is 1. The Labute approximate surface area is 85.4 Å². The van der Waals surface area contributed by atoms with Crippen LogP contribution in [0.4, 0.5) is 0 Å². The molecule has 0 fully saturated rings. The molecule has 0 aliphatic rings. The Hall–Kier alpha value is -2.30. The molecule has 5 heteroatoms. The first-order chi connectivity index (χ1) is 7.43. The fourth-order valence-corrected chi connectivity index (χ4v) is 1.38. The minimum atomic E-state index is 0.509. The summed E-state index contributed by atoms with van der Waals surface area (Å²) in [5, 5.41) is 11.9. The average molecular weight is 197 g/mol. The van der Waals surface area contributed by atoms with Gasteiger partial charge in [0, 0.05) is 5.56 Å². The Kier molecular flexibility index (Phi) is 1.68. The Morgan fingerprint density at radius 1 is 1.07 bits per heavy atom. The van der Waals surface area contributed by atoms with Gasteiger partial charge in [0.15, 0.2) is 0 Å². The van der Waals surface area contributed by atoms with Crippen LogP contribution in [-0.4, -0.2) is 24.8 Å². The molecule has 2 aromatic heterocycles. The van der Waals surface area contributed by atoms with Gasteiger partial charge in [0.2, 0.25) is 0 Å². The summed E-state index contributed by atoms with van der Waals surface area (Å²) >= 11 is 0. The Morgan fingerprint density at radius 3 is 2.80 bits per heavy atom. The van der Waals surface area contributed by atoms with Gasteiger partial charge in [-0.1, -0.05) is 30.3 Å². The predicted octanol–water partition coefficient (Wildman–Crippen LogP) is 1.19. The van der Waals surface area contributed by atoms with Gasteiger partial charge in [-0.05, 0) is 0 Å². The van der Waals surface area contributed by atoms with Crippen LogP contribution >= 0.6 is 0 Å². The van der Waals surface area contributed by atoms with Crippen molar-refractivity contribution >= 4 is 5.78 Å². The average Bonchev–Trinajstić information content (AvgIpc) is 2.77. The van der Waals surface area contributed by atoms with Crippen LogP contribution in [0.1, 0.15) is 0 Å². The van der Waals surface area contributed by atoms with E-state index in [0.717, 1.165) is 11.3 Å². The Bertz CT molecular complexity index is 587. The third kappa shape index (κ3) is 1.34. The van der Waals surface area contributed by atoms with Gasteiger partial charge >= 0.3 is 0 Å². The molecule has 0 spiro atoms. The molecule has 72 valence electrons. The van der Waals surface area contributed by atoms with Gasteiger partial charge < -0.3 is 0 Å². The lowest BCUT2D eigenvalue weighted by Crippen LogP contribution is -1.95. The molecule has 0 aliphatic heterocycles. The zero-order valence-electron chi connectivity index (χ0n) is 7.78. The van der Waals surface area contributed by atoms with E-state index in [9.17, 15) is 0 Å². The van der Waals surface area contributed by atoms with Crippen LogP contribution in [0.15, 0.2) is 42.9 Å². The van der Waals surface area contributed by atoms with E-state index in [1.54, 1.807) is 10.7 Å². The second-order valence-corrected chi connectivity index (χ2v) is 3.08. The van der Waals surface area contributed by atoms with Crippen LogP contribution in [0.3, 0.4) is 0 Å². The lowest BCUT2D eigenvalue weighted by atomic mass is 10.2. The van der Waals surface area contributed by atoms with Gasteiger partial charge in [0.05, 0.1) is 6.20 Å². The molecule has 15 heavy (non-hydrogen) atoms. The lowest BCUT2D eigenvalue weighted by Gasteiger charge is -1.98. The molecule has 0 unspecified atom stereocenters. The van der Waals surface area contributed by atoms with Crippen molar-refractivity contribution in [1.82, 2.24) is 24.8 Å². The van der Waals surface area contributed by atoms with Crippen molar-refractivity contribution in [2.75, 3.05) is 0 Å². The fraction of sp³-hybridized carbons (Fsp3) is 0. The smallest absolute Gasteiger partial charge is 0.216 e. The highest BCUT2D eigenvalue weighted by atomic mass is 15.4. The van der Waals surface area contributed by atoms with E-state index in [4.69, 9.17) is 0 Å². The Balaban J connectivity index is 2.19. The Morgan fingerprint density at radius 2 is 1.93 bits per heavy atom. The van der Waals surface area contributed by atoms with E-state index in [1.165, 1.54) is 6.33 Å². The second kappa shape index (κ2) is 3.13. The number of hydrogen-bond donors (Lipinski definition) is 0. The van der Waals surface area contributed by atoms with Crippen LogP contribution in [0.2, 0.25) is 0 Å². The van der Waals surface area contributed by atoms with Gasteiger partial charge in [-0.3, -0.25) is 0 Å². The van der Waals surface area contributed by atoms with Crippen LogP contribution in [0.5, 0.6) is 0 Å². The van der Waals surface area contributed by atoms with Gasteiger partial charge in [0.25, 0.3) is 5.78 Å². The molecule has 5 nitrogen and oxygen atoms in total. The molecule has 2 heterocycles. The van der Waals surface area contributed by atoms with E-state index >= 15 is 0 Å². The molecule has 0 saturated heterocycles. The summed E-state index contributed by atoms with van der Waals surface area (Å²) in [6.07, 6.45) is 3.23. The first-order valence-electron chi connectivity index (χ1n) is 4.52. The summed E-state index contributed by atoms with van der Waals surface area (Å²) in [6.45, 7) is 0. The highest BCUT2D eigenvalue weighted by molar-refractivity contribution is 5.57. The summed E-state index contributed by atoms with van der Waals surface area (Å²) in [5.74, 6) is 0.509. The SMILES string of the molecule is c1ccc(-c2cnc3nncn3n2)cc1. The number of nitrogens with zero attached hydrogens (tertiary/aromatic N) is 5. The summed E-state index contributed by atoms with van der Waals surface area (Å²) in [4.78, 5) is 4.14. The third-order valence-corrected chi connectivity index (χ3v) is 2.10. The molecule has 1 aromatic carbocycles. The maximum atomic E-state index is 4.33. The standard InChI is InChI=1S/C10H7N5/c1-2-4-8(5-3-1)9-6-11-10-13-12-7-15(10)14-9/h1-7H. The van der Waals surface area contributed by atoms with Crippen molar-refractivity contribution in [1.29, 1.82) is 0 Å². The zero-order chi connectivity index (χ0) is 10.1. The summed E-state index contributed by atoms with van der Waals surface area (Å²) in [6, 6.07) is 9.87. The molecular weight excluding hydrogens is 190 g/mol. The maximum absolute atomic E-state index is 4.33. The molecule has 0 N–H and O–H groups in total. The van der Waals surface area contributed by atoms with Crippen molar-refractivity contribution in [2.24, 2.45) is 0 Å². The van der Waals surface area contributed by atoms with Crippen molar-refractivity contribution in [3.63, 3.8) is 0 Å². The van der Waals surface area contributed by atoms with Crippen LogP contribution in [-0.2, 0) is 0 Å². The van der Waals surface area contributed by atoms with Gasteiger partial charge in [-0.2, -0.15) is 9.61 Å². The monoisotopic (exact) mass is 197 g/mol. The summed E-state index contributed by atoms with van der Waals surface area (Å²) in [5.41, 5.74) is 1.84. The maximum Gasteiger partial charge on any atom is 0.271 e. The number of hydrogen-bond acceptors (Lipinski definition) is 4. The number of aromatic nitrogens is 5. The highest BCUT2D eigenvalue weighted by Gasteiger charge is 2.02. The largest absolute Gasteiger partial charge is 0.271 e. The van der Waals surface area contributed by atoms with E-state index in [0.29, 0.717) is 5.78 Å². The number of benzene rings is 1. The molecule has 0 bridgehead atoms. The fourth-order valence-electron chi connectivity index (χ4n) is 1.38. The molecule has 0 amide bonds. The van der Waals surface area contributed by atoms with Crippen molar-refractivity contribution in [3.05, 3.63) is 42.9 Å². The third-order valence-electron chi connectivity index (χ3n) is 2.10. The molecular formula is C10H7N5. The highest BCUT2D eigenvalue weighted by Crippen LogP contribution is 2.14. The quantitative estimate of drug-likeness (QED) is 0.588. The van der Waals surface area contributed by atoms with Gasteiger partial charge in [0.1, 0.15) is 12.0 Å². The van der Waals surface area contributed by atoms with Crippen molar-refractivity contribution in [2.45, 2.75) is 0 Å². The van der Waals surface area contributed by atoms with E-state index < -0.39 is 0 Å². The van der Waals surface area contributed by atoms with E-state index in [2.05, 4.69) is 20.3 Å². The zero-order valence-corrected chi connectivity index (χ0v) is 7.78. The molecule has 3 aromatic rings. The minimum Gasteiger partial charge on any atom is -0.216 e.